The lowest BCUT2D eigenvalue weighted by molar-refractivity contribution is -0.949. The Morgan fingerprint density at radius 3 is 1.83 bits per heavy atom. The molecule has 3 aromatic carbocycles. The van der Waals surface area contributed by atoms with Crippen molar-refractivity contribution < 1.29 is 33.2 Å². The van der Waals surface area contributed by atoms with E-state index in [1.807, 2.05) is 18.2 Å². The molecule has 2 atom stereocenters. The minimum atomic E-state index is -0.591. The van der Waals surface area contributed by atoms with Gasteiger partial charge < -0.3 is 33.2 Å². The van der Waals surface area contributed by atoms with Crippen molar-refractivity contribution >= 4 is 0 Å². The van der Waals surface area contributed by atoms with Gasteiger partial charge in [-0.2, -0.15) is 5.26 Å². The van der Waals surface area contributed by atoms with Crippen LogP contribution < -0.4 is 24.0 Å². The summed E-state index contributed by atoms with van der Waals surface area (Å²) in [6.45, 7) is 2.58. The summed E-state index contributed by atoms with van der Waals surface area (Å²) in [6.07, 6.45) is 5.90. The average molecular weight is 593 g/mol. The van der Waals surface area contributed by atoms with E-state index in [1.165, 1.54) is 31.2 Å². The van der Waals surface area contributed by atoms with Crippen LogP contribution in [0, 0.1) is 17.2 Å². The van der Waals surface area contributed by atoms with Gasteiger partial charge in [0.15, 0.2) is 0 Å². The Bertz CT molecular complexity index is 1080. The first-order chi connectivity index (χ1) is 17.1. The number of benzene rings is 3. The van der Waals surface area contributed by atoms with Crippen LogP contribution >= 0.6 is 0 Å². The van der Waals surface area contributed by atoms with Crippen molar-refractivity contribution in [2.75, 3.05) is 20.2 Å². The number of fused-ring (bicyclic) bond motifs is 2. The van der Waals surface area contributed by atoms with Gasteiger partial charge in [0, 0.05) is 25.7 Å². The zero-order valence-electron chi connectivity index (χ0n) is 21.2. The van der Waals surface area contributed by atoms with Gasteiger partial charge in [-0.15, -0.1) is 0 Å². The lowest BCUT2D eigenvalue weighted by atomic mass is 9.67. The van der Waals surface area contributed by atoms with E-state index >= 15 is 0 Å². The van der Waals surface area contributed by atoms with E-state index in [4.69, 9.17) is 4.74 Å². The number of halogens is 1. The second-order valence-electron chi connectivity index (χ2n) is 10.8. The molecule has 0 radical (unpaired) electrons. The van der Waals surface area contributed by atoms with Crippen LogP contribution in [0.2, 0.25) is 0 Å². The van der Waals surface area contributed by atoms with E-state index in [-0.39, 0.29) is 24.0 Å². The fourth-order valence-corrected chi connectivity index (χ4v) is 6.87. The Kier molecular flexibility index (Phi) is 8.87. The van der Waals surface area contributed by atoms with Crippen LogP contribution in [0.5, 0.6) is 0 Å². The maximum absolute atomic E-state index is 10.6. The Morgan fingerprint density at radius 1 is 0.833 bits per heavy atom. The fourth-order valence-electron chi connectivity index (χ4n) is 6.87. The largest absolute Gasteiger partial charge is 1.00 e. The highest BCUT2D eigenvalue weighted by molar-refractivity contribution is 5.46. The first kappa shape index (κ1) is 26.9. The molecule has 2 saturated heterocycles. The van der Waals surface area contributed by atoms with Crippen LogP contribution in [0.4, 0.5) is 0 Å². The first-order valence-electron chi connectivity index (χ1n) is 13.1. The molecule has 3 aromatic rings. The van der Waals surface area contributed by atoms with Gasteiger partial charge >= 0.3 is 0 Å². The molecule has 2 heterocycles. The van der Waals surface area contributed by atoms with Crippen LogP contribution in [0.1, 0.15) is 48.8 Å². The average Bonchev–Trinajstić information content (AvgIpc) is 3.07. The molecule has 0 aromatic heterocycles. The molecular weight excluding hydrogens is 555 g/mol. The first-order valence-corrected chi connectivity index (χ1v) is 13.1. The Morgan fingerprint density at radius 2 is 1.33 bits per heavy atom. The Balaban J connectivity index is 0.00000304. The lowest BCUT2D eigenvalue weighted by Crippen LogP contribution is -3.00. The number of hydrogen-bond donors (Lipinski definition) is 0. The van der Waals surface area contributed by atoms with Crippen LogP contribution in [0.3, 0.4) is 0 Å². The summed E-state index contributed by atoms with van der Waals surface area (Å²) in [5.41, 5.74) is 2.90. The van der Waals surface area contributed by atoms with E-state index in [0.29, 0.717) is 24.6 Å². The predicted octanol–water partition coefficient (Wildman–Crippen LogP) is 3.49. The molecule has 0 aliphatic carbocycles. The molecule has 4 heteroatoms. The summed E-state index contributed by atoms with van der Waals surface area (Å²) < 4.78 is 7.23. The third-order valence-corrected chi connectivity index (χ3v) is 8.86. The summed E-state index contributed by atoms with van der Waals surface area (Å²) in [5, 5.41) is 10.6. The van der Waals surface area contributed by atoms with Crippen molar-refractivity contribution in [1.29, 1.82) is 5.26 Å². The van der Waals surface area contributed by atoms with Gasteiger partial charge in [0.2, 0.25) is 0 Å². The van der Waals surface area contributed by atoms with E-state index in [1.54, 1.807) is 0 Å². The number of hydrogen-bond acceptors (Lipinski definition) is 2. The highest BCUT2D eigenvalue weighted by atomic mass is 127. The highest BCUT2D eigenvalue weighted by Crippen LogP contribution is 2.48. The predicted molar refractivity (Wildman–Crippen MR) is 141 cm³/mol. The molecule has 2 aliphatic heterocycles. The molecule has 2 fully saturated rings. The maximum Gasteiger partial charge on any atom is 0.107 e. The summed E-state index contributed by atoms with van der Waals surface area (Å²) in [4.78, 5) is 0. The second-order valence-corrected chi connectivity index (χ2v) is 10.8. The fraction of sp³-hybridized carbons (Fsp3) is 0.406. The van der Waals surface area contributed by atoms with Crippen LogP contribution in [-0.2, 0) is 16.8 Å². The monoisotopic (exact) mass is 592 g/mol. The molecule has 2 unspecified atom stereocenters. The van der Waals surface area contributed by atoms with Gasteiger partial charge in [-0.05, 0) is 29.0 Å². The van der Waals surface area contributed by atoms with Gasteiger partial charge in [-0.1, -0.05) is 91.0 Å². The molecule has 2 bridgehead atoms. The van der Waals surface area contributed by atoms with E-state index < -0.39 is 5.41 Å². The molecule has 0 N–H and O–H groups in total. The number of likely N-dealkylation sites (N-methyl/N-ethyl adjacent to an activating group) is 1. The van der Waals surface area contributed by atoms with Gasteiger partial charge in [-0.3, -0.25) is 0 Å². The molecule has 0 saturated carbocycles. The quantitative estimate of drug-likeness (QED) is 0.217. The second kappa shape index (κ2) is 11.9. The maximum atomic E-state index is 10.6. The minimum absolute atomic E-state index is 0. The zero-order chi connectivity index (χ0) is 24.1. The molecule has 188 valence electrons. The van der Waals surface area contributed by atoms with Gasteiger partial charge in [-0.25, -0.2) is 0 Å². The number of nitriles is 1. The SMILES string of the molecule is C[N+]1(CCOCc2ccccc2)C2CCC1CC(CC(C#N)(c1ccccc1)c1ccccc1)C2.[I-]. The van der Waals surface area contributed by atoms with Crippen molar-refractivity contribution in [3.63, 3.8) is 0 Å². The van der Waals surface area contributed by atoms with Crippen LogP contribution in [-0.4, -0.2) is 36.8 Å². The zero-order valence-corrected chi connectivity index (χ0v) is 23.4. The van der Waals surface area contributed by atoms with E-state index in [9.17, 15) is 5.26 Å². The third kappa shape index (κ3) is 5.39. The lowest BCUT2D eigenvalue weighted by Gasteiger charge is -2.48. The summed E-state index contributed by atoms with van der Waals surface area (Å²) in [5.74, 6) is 0.559. The number of ether oxygens (including phenoxy) is 1. The van der Waals surface area contributed by atoms with Gasteiger partial charge in [0.1, 0.15) is 12.0 Å². The van der Waals surface area contributed by atoms with Crippen molar-refractivity contribution in [2.45, 2.75) is 56.2 Å². The molecule has 36 heavy (non-hydrogen) atoms. The highest BCUT2D eigenvalue weighted by Gasteiger charge is 2.52. The summed E-state index contributed by atoms with van der Waals surface area (Å²) in [6, 6.07) is 35.5. The summed E-state index contributed by atoms with van der Waals surface area (Å²) in [7, 11) is 2.45. The van der Waals surface area contributed by atoms with Crippen LogP contribution in [0.25, 0.3) is 0 Å². The van der Waals surface area contributed by atoms with Crippen molar-refractivity contribution in [1.82, 2.24) is 0 Å². The number of rotatable bonds is 9. The van der Waals surface area contributed by atoms with Crippen molar-refractivity contribution in [3.8, 4) is 6.07 Å². The molecule has 0 amide bonds. The van der Waals surface area contributed by atoms with Crippen molar-refractivity contribution in [3.05, 3.63) is 108 Å². The van der Waals surface area contributed by atoms with E-state index in [0.717, 1.165) is 35.2 Å². The third-order valence-electron chi connectivity index (χ3n) is 8.86. The number of piperidine rings is 1. The van der Waals surface area contributed by atoms with Crippen molar-refractivity contribution in [2.24, 2.45) is 5.92 Å². The van der Waals surface area contributed by atoms with Gasteiger partial charge in [0.25, 0.3) is 0 Å². The number of nitrogens with zero attached hydrogens (tertiary/aromatic N) is 2. The van der Waals surface area contributed by atoms with Crippen LogP contribution in [0.15, 0.2) is 91.0 Å². The smallest absolute Gasteiger partial charge is 0.107 e. The Hall–Kier alpha value is -2.20. The Labute approximate surface area is 233 Å². The molecule has 2 aliphatic rings. The number of quaternary nitrogens is 1. The summed E-state index contributed by atoms with van der Waals surface area (Å²) >= 11 is 0. The minimum Gasteiger partial charge on any atom is -1.00 e. The van der Waals surface area contributed by atoms with E-state index in [2.05, 4.69) is 85.9 Å². The molecule has 0 spiro atoms. The van der Waals surface area contributed by atoms with Gasteiger partial charge in [0.05, 0.1) is 38.4 Å². The normalized spacial score (nSPS) is 25.1. The standard InChI is InChI=1S/C32H37N2O.HI/c1-34(19-20-35-24-26-11-5-2-6-12-26)30-17-18-31(34)22-27(21-30)23-32(25-33,28-13-7-3-8-14-28)29-15-9-4-10-16-29;/h2-16,27,30-31H,17-24H2,1H3;1H/q+1;/p-1. The molecular formula is C32H37IN2O. The molecule has 5 rings (SSSR count). The topological polar surface area (TPSA) is 33.0 Å². The molecule has 3 nitrogen and oxygen atoms in total.